The lowest BCUT2D eigenvalue weighted by atomic mass is 9.79. The van der Waals surface area contributed by atoms with Crippen LogP contribution in [0.4, 0.5) is 0 Å². The highest BCUT2D eigenvalue weighted by atomic mass is 16.5. The maximum absolute atomic E-state index is 11.1. The second-order valence-corrected chi connectivity index (χ2v) is 5.15. The molecule has 1 aromatic carbocycles. The first-order valence-electron chi connectivity index (χ1n) is 7.63. The van der Waals surface area contributed by atoms with Crippen molar-refractivity contribution in [3.8, 4) is 5.75 Å². The highest BCUT2D eigenvalue weighted by Crippen LogP contribution is 2.35. The first kappa shape index (κ1) is 16.5. The van der Waals surface area contributed by atoms with E-state index in [4.69, 9.17) is 4.74 Å². The van der Waals surface area contributed by atoms with E-state index >= 15 is 0 Å². The van der Waals surface area contributed by atoms with Gasteiger partial charge in [0, 0.05) is 6.08 Å². The van der Waals surface area contributed by atoms with Crippen molar-refractivity contribution in [2.45, 2.75) is 52.4 Å². The average molecular weight is 274 g/mol. The number of hydrogen-bond donors (Lipinski definition) is 0. The normalized spacial score (nSPS) is 21.4. The molecule has 0 N–H and O–H groups in total. The molecule has 1 aliphatic rings. The van der Waals surface area contributed by atoms with E-state index in [0.29, 0.717) is 11.7 Å². The average Bonchev–Trinajstić information content (AvgIpc) is 2.51. The lowest BCUT2D eigenvalue weighted by molar-refractivity contribution is -0.128. The molecule has 1 aliphatic carbocycles. The molecule has 2 nitrogen and oxygen atoms in total. The Morgan fingerprint density at radius 3 is 2.20 bits per heavy atom. The molecular weight excluding hydrogens is 248 g/mol. The van der Waals surface area contributed by atoms with Crippen LogP contribution in [-0.2, 0) is 4.79 Å². The van der Waals surface area contributed by atoms with Crippen molar-refractivity contribution in [3.63, 3.8) is 0 Å². The molecule has 0 bridgehead atoms. The molecule has 20 heavy (non-hydrogen) atoms. The number of benzene rings is 1. The van der Waals surface area contributed by atoms with E-state index in [-0.39, 0.29) is 0 Å². The summed E-state index contributed by atoms with van der Waals surface area (Å²) < 4.78 is 5.07. The number of rotatable bonds is 3. The molecule has 2 rings (SSSR count). The van der Waals surface area contributed by atoms with E-state index in [1.807, 2.05) is 26.0 Å². The van der Waals surface area contributed by atoms with Gasteiger partial charge < -0.3 is 4.74 Å². The predicted molar refractivity (Wildman–Crippen MR) is 84.0 cm³/mol. The fourth-order valence-corrected chi connectivity index (χ4v) is 2.56. The quantitative estimate of drug-likeness (QED) is 0.435. The van der Waals surface area contributed by atoms with Crippen molar-refractivity contribution < 1.29 is 9.53 Å². The molecule has 0 atom stereocenters. The summed E-state index contributed by atoms with van der Waals surface area (Å²) in [4.78, 5) is 11.1. The van der Waals surface area contributed by atoms with Crippen LogP contribution in [0.25, 0.3) is 0 Å². The van der Waals surface area contributed by atoms with Gasteiger partial charge in [0.05, 0.1) is 0 Å². The maximum atomic E-state index is 11.1. The van der Waals surface area contributed by atoms with E-state index < -0.39 is 5.97 Å². The first-order valence-corrected chi connectivity index (χ1v) is 7.63. The van der Waals surface area contributed by atoms with Crippen LogP contribution in [0.2, 0.25) is 0 Å². The number of esters is 1. The van der Waals surface area contributed by atoms with E-state index in [2.05, 4.69) is 25.6 Å². The molecular formula is C18H26O2. The summed E-state index contributed by atoms with van der Waals surface area (Å²) in [6, 6.07) is 7.89. The van der Waals surface area contributed by atoms with Gasteiger partial charge in [0.1, 0.15) is 5.75 Å². The molecule has 0 unspecified atom stereocenters. The van der Waals surface area contributed by atoms with Crippen molar-refractivity contribution in [1.29, 1.82) is 0 Å². The SMILES string of the molecule is C=CC(=O)Oc1ccc(C2CCC(C)CC2)cc1.CC. The Kier molecular flexibility index (Phi) is 7.06. The molecule has 0 aliphatic heterocycles. The van der Waals surface area contributed by atoms with Crippen LogP contribution in [0.5, 0.6) is 5.75 Å². The van der Waals surface area contributed by atoms with Crippen LogP contribution < -0.4 is 4.74 Å². The van der Waals surface area contributed by atoms with Crippen LogP contribution in [0, 0.1) is 5.92 Å². The summed E-state index contributed by atoms with van der Waals surface area (Å²) in [5, 5.41) is 0. The minimum atomic E-state index is -0.408. The van der Waals surface area contributed by atoms with E-state index in [1.54, 1.807) is 0 Å². The van der Waals surface area contributed by atoms with Gasteiger partial charge in [-0.2, -0.15) is 0 Å². The van der Waals surface area contributed by atoms with Crippen LogP contribution in [0.15, 0.2) is 36.9 Å². The van der Waals surface area contributed by atoms with Crippen LogP contribution >= 0.6 is 0 Å². The molecule has 2 heteroatoms. The summed E-state index contributed by atoms with van der Waals surface area (Å²) in [7, 11) is 0. The van der Waals surface area contributed by atoms with Crippen molar-refractivity contribution >= 4 is 5.97 Å². The minimum absolute atomic E-state index is 0.408. The van der Waals surface area contributed by atoms with Gasteiger partial charge in [-0.15, -0.1) is 0 Å². The number of ether oxygens (including phenoxy) is 1. The van der Waals surface area contributed by atoms with Crippen molar-refractivity contribution in [2.24, 2.45) is 5.92 Å². The Morgan fingerprint density at radius 2 is 1.70 bits per heavy atom. The molecule has 0 radical (unpaired) electrons. The maximum Gasteiger partial charge on any atom is 0.335 e. The minimum Gasteiger partial charge on any atom is -0.423 e. The first-order chi connectivity index (χ1) is 9.69. The van der Waals surface area contributed by atoms with Gasteiger partial charge in [0.25, 0.3) is 0 Å². The summed E-state index contributed by atoms with van der Waals surface area (Å²) in [5.41, 5.74) is 1.36. The lowest BCUT2D eigenvalue weighted by Crippen LogP contribution is -2.10. The molecule has 1 saturated carbocycles. The van der Waals surface area contributed by atoms with Gasteiger partial charge in [-0.1, -0.05) is 52.3 Å². The lowest BCUT2D eigenvalue weighted by Gasteiger charge is -2.26. The second kappa shape index (κ2) is 8.57. The summed E-state index contributed by atoms with van der Waals surface area (Å²) >= 11 is 0. The van der Waals surface area contributed by atoms with Gasteiger partial charge in [-0.05, 0) is 42.4 Å². The van der Waals surface area contributed by atoms with E-state index in [9.17, 15) is 4.79 Å². The third-order valence-corrected chi connectivity index (χ3v) is 3.75. The fraction of sp³-hybridized carbons (Fsp3) is 0.500. The number of carbonyl (C=O) groups excluding carboxylic acids is 1. The molecule has 1 fully saturated rings. The number of carbonyl (C=O) groups is 1. The summed E-state index contributed by atoms with van der Waals surface area (Å²) in [6.07, 6.45) is 6.35. The fourth-order valence-electron chi connectivity index (χ4n) is 2.56. The van der Waals surface area contributed by atoms with Crippen molar-refractivity contribution in [1.82, 2.24) is 0 Å². The van der Waals surface area contributed by atoms with E-state index in [0.717, 1.165) is 5.92 Å². The Balaban J connectivity index is 0.000000956. The Bertz CT molecular complexity index is 412. The van der Waals surface area contributed by atoms with Gasteiger partial charge in [-0.25, -0.2) is 4.79 Å². The molecule has 0 saturated heterocycles. The molecule has 0 aromatic heterocycles. The van der Waals surface area contributed by atoms with Gasteiger partial charge in [0.2, 0.25) is 0 Å². The molecule has 1 aromatic rings. The third-order valence-electron chi connectivity index (χ3n) is 3.75. The highest BCUT2D eigenvalue weighted by molar-refractivity contribution is 5.83. The van der Waals surface area contributed by atoms with Gasteiger partial charge in [-0.3, -0.25) is 0 Å². The zero-order valence-corrected chi connectivity index (χ0v) is 12.9. The molecule has 0 spiro atoms. The zero-order chi connectivity index (χ0) is 15.0. The van der Waals surface area contributed by atoms with Crippen LogP contribution in [0.1, 0.15) is 57.9 Å². The summed E-state index contributed by atoms with van der Waals surface area (Å²) in [5.74, 6) is 1.72. The Morgan fingerprint density at radius 1 is 1.15 bits per heavy atom. The molecule has 0 heterocycles. The topological polar surface area (TPSA) is 26.3 Å². The van der Waals surface area contributed by atoms with Crippen LogP contribution in [-0.4, -0.2) is 5.97 Å². The van der Waals surface area contributed by atoms with Gasteiger partial charge >= 0.3 is 5.97 Å². The molecule has 110 valence electrons. The highest BCUT2D eigenvalue weighted by Gasteiger charge is 2.19. The summed E-state index contributed by atoms with van der Waals surface area (Å²) in [6.45, 7) is 9.71. The van der Waals surface area contributed by atoms with E-state index in [1.165, 1.54) is 37.3 Å². The monoisotopic (exact) mass is 274 g/mol. The second-order valence-electron chi connectivity index (χ2n) is 5.15. The number of hydrogen-bond acceptors (Lipinski definition) is 2. The largest absolute Gasteiger partial charge is 0.423 e. The zero-order valence-electron chi connectivity index (χ0n) is 12.9. The predicted octanol–water partition coefficient (Wildman–Crippen LogP) is 5.10. The Labute approximate surface area is 122 Å². The van der Waals surface area contributed by atoms with Crippen molar-refractivity contribution in [3.05, 3.63) is 42.5 Å². The smallest absolute Gasteiger partial charge is 0.335 e. The van der Waals surface area contributed by atoms with Crippen molar-refractivity contribution in [2.75, 3.05) is 0 Å². The third kappa shape index (κ3) is 4.84. The standard InChI is InChI=1S/C16H20O2.C2H6/c1-3-16(17)18-15-10-8-14(9-11-15)13-6-4-12(2)5-7-13;1-2/h3,8-13H,1,4-7H2,2H3;1-2H3. The van der Waals surface area contributed by atoms with Crippen LogP contribution in [0.3, 0.4) is 0 Å². The van der Waals surface area contributed by atoms with Gasteiger partial charge in [0.15, 0.2) is 0 Å². The molecule has 0 amide bonds. The Hall–Kier alpha value is -1.57.